The monoisotopic (exact) mass is 400 g/mol. The van der Waals surface area contributed by atoms with Crippen LogP contribution in [0.5, 0.6) is 0 Å². The van der Waals surface area contributed by atoms with E-state index in [0.717, 1.165) is 6.07 Å². The predicted molar refractivity (Wildman–Crippen MR) is 99.2 cm³/mol. The molecule has 0 fully saturated rings. The summed E-state index contributed by atoms with van der Waals surface area (Å²) in [4.78, 5) is 3.95. The van der Waals surface area contributed by atoms with Gasteiger partial charge in [0.05, 0.1) is 17.4 Å². The van der Waals surface area contributed by atoms with Gasteiger partial charge in [0.1, 0.15) is 10.8 Å². The summed E-state index contributed by atoms with van der Waals surface area (Å²) in [5, 5.41) is 9.65. The van der Waals surface area contributed by atoms with Gasteiger partial charge in [0.25, 0.3) is 0 Å². The van der Waals surface area contributed by atoms with Gasteiger partial charge in [-0.15, -0.1) is 4.72 Å². The van der Waals surface area contributed by atoms with Crippen molar-refractivity contribution in [3.8, 4) is 0 Å². The lowest BCUT2D eigenvalue weighted by Crippen LogP contribution is -2.42. The molecular formula is C19H23F3N2O2S. The fourth-order valence-corrected chi connectivity index (χ4v) is 3.24. The van der Waals surface area contributed by atoms with Crippen molar-refractivity contribution in [3.63, 3.8) is 0 Å². The minimum Gasteiger partial charge on any atom is -0.598 e. The second-order valence-corrected chi connectivity index (χ2v) is 9.21. The molecule has 1 aromatic carbocycles. The molecule has 0 aliphatic rings. The van der Waals surface area contributed by atoms with E-state index in [1.807, 2.05) is 0 Å². The van der Waals surface area contributed by atoms with E-state index in [2.05, 4.69) is 9.71 Å². The first-order chi connectivity index (χ1) is 12.4. The molecule has 0 aliphatic heterocycles. The lowest BCUT2D eigenvalue weighted by atomic mass is 9.98. The Morgan fingerprint density at radius 1 is 1.07 bits per heavy atom. The summed E-state index contributed by atoms with van der Waals surface area (Å²) in [7, 11) is 0. The van der Waals surface area contributed by atoms with Crippen molar-refractivity contribution < 1.29 is 22.8 Å². The molecule has 0 bridgehead atoms. The number of aromatic nitrogens is 1. The summed E-state index contributed by atoms with van der Waals surface area (Å²) < 4.78 is 55.2. The number of aliphatic hydroxyl groups is 1. The first kappa shape index (κ1) is 21.7. The molecule has 4 nitrogen and oxygen atoms in total. The summed E-state index contributed by atoms with van der Waals surface area (Å²) in [6.45, 7) is 6.78. The molecule has 2 N–H and O–H groups in total. The minimum atomic E-state index is -4.59. The fourth-order valence-electron chi connectivity index (χ4n) is 2.42. The van der Waals surface area contributed by atoms with Gasteiger partial charge in [0.15, 0.2) is 0 Å². The molecule has 2 rings (SSSR count). The van der Waals surface area contributed by atoms with Gasteiger partial charge in [-0.05, 0) is 51.0 Å². The number of nitrogens with zero attached hydrogens (tertiary/aromatic N) is 1. The number of pyridine rings is 1. The number of alkyl halides is 3. The quantitative estimate of drug-likeness (QED) is 0.735. The van der Waals surface area contributed by atoms with E-state index < -0.39 is 40.0 Å². The zero-order valence-corrected chi connectivity index (χ0v) is 16.4. The number of hydrogen-bond acceptors (Lipinski definition) is 4. The van der Waals surface area contributed by atoms with Crippen molar-refractivity contribution in [1.29, 1.82) is 0 Å². The van der Waals surface area contributed by atoms with Crippen molar-refractivity contribution in [3.05, 3.63) is 65.0 Å². The van der Waals surface area contributed by atoms with Crippen LogP contribution in [0.25, 0.3) is 0 Å². The van der Waals surface area contributed by atoms with Crippen molar-refractivity contribution in [1.82, 2.24) is 9.71 Å². The summed E-state index contributed by atoms with van der Waals surface area (Å²) in [5.74, 6) is 0. The number of nitrogens with one attached hydrogen (secondary N) is 1. The second-order valence-electron chi connectivity index (χ2n) is 7.21. The Labute approximate surface area is 160 Å². The van der Waals surface area contributed by atoms with Crippen molar-refractivity contribution in [2.75, 3.05) is 0 Å². The number of rotatable bonds is 5. The fraction of sp³-hybridized carbons (Fsp3) is 0.421. The highest BCUT2D eigenvalue weighted by Crippen LogP contribution is 2.36. The van der Waals surface area contributed by atoms with Crippen LogP contribution in [0.1, 0.15) is 62.2 Å². The van der Waals surface area contributed by atoms with Crippen LogP contribution in [0.4, 0.5) is 13.2 Å². The van der Waals surface area contributed by atoms with Gasteiger partial charge in [-0.3, -0.25) is 4.98 Å². The molecule has 3 atom stereocenters. The second kappa shape index (κ2) is 8.18. The molecule has 148 valence electrons. The van der Waals surface area contributed by atoms with E-state index in [1.54, 1.807) is 52.0 Å². The number of halogens is 3. The average molecular weight is 400 g/mol. The molecule has 0 radical (unpaired) electrons. The first-order valence-corrected chi connectivity index (χ1v) is 9.54. The Hall–Kier alpha value is -1.61. The number of aliphatic hydroxyl groups excluding tert-OH is 1. The van der Waals surface area contributed by atoms with Gasteiger partial charge in [-0.25, -0.2) is 0 Å². The third-order valence-electron chi connectivity index (χ3n) is 3.95. The molecular weight excluding hydrogens is 377 g/mol. The van der Waals surface area contributed by atoms with Gasteiger partial charge in [-0.1, -0.05) is 24.3 Å². The Morgan fingerprint density at radius 2 is 1.63 bits per heavy atom. The highest BCUT2D eigenvalue weighted by atomic mass is 32.2. The van der Waals surface area contributed by atoms with Crippen LogP contribution in [0.2, 0.25) is 0 Å². The molecule has 8 heteroatoms. The average Bonchev–Trinajstić information content (AvgIpc) is 2.58. The smallest absolute Gasteiger partial charge is 0.418 e. The SMILES string of the molecule is C[C@H](O)c1ccc([C@H](N[S+]([O-])C(C)(C)C)c2ncccc2C(F)(F)F)cc1. The van der Waals surface area contributed by atoms with E-state index >= 15 is 0 Å². The summed E-state index contributed by atoms with van der Waals surface area (Å²) in [6.07, 6.45) is -4.01. The molecule has 1 heterocycles. The molecule has 1 unspecified atom stereocenters. The third kappa shape index (κ3) is 5.44. The van der Waals surface area contributed by atoms with E-state index in [9.17, 15) is 22.8 Å². The van der Waals surface area contributed by atoms with Crippen LogP contribution < -0.4 is 4.72 Å². The van der Waals surface area contributed by atoms with Gasteiger partial charge >= 0.3 is 6.18 Å². The zero-order chi connectivity index (χ0) is 20.4. The first-order valence-electron chi connectivity index (χ1n) is 8.39. The van der Waals surface area contributed by atoms with Crippen LogP contribution in [0.15, 0.2) is 42.6 Å². The molecule has 0 saturated heterocycles. The summed E-state index contributed by atoms with van der Waals surface area (Å²) in [5.41, 5.74) is -0.0203. The van der Waals surface area contributed by atoms with Gasteiger partial charge in [0.2, 0.25) is 0 Å². The normalized spacial score (nSPS) is 16.0. The van der Waals surface area contributed by atoms with Crippen LogP contribution in [0, 0.1) is 0 Å². The van der Waals surface area contributed by atoms with Crippen LogP contribution >= 0.6 is 0 Å². The molecule has 2 aromatic rings. The topological polar surface area (TPSA) is 68.2 Å². The highest BCUT2D eigenvalue weighted by Gasteiger charge is 2.39. The minimum absolute atomic E-state index is 0.243. The third-order valence-corrected chi connectivity index (χ3v) is 5.51. The molecule has 27 heavy (non-hydrogen) atoms. The molecule has 1 aromatic heterocycles. The predicted octanol–water partition coefficient (Wildman–Crippen LogP) is 4.29. The Kier molecular flexibility index (Phi) is 6.57. The van der Waals surface area contributed by atoms with Crippen LogP contribution in [-0.4, -0.2) is 19.4 Å². The van der Waals surface area contributed by atoms with E-state index in [-0.39, 0.29) is 5.69 Å². The van der Waals surface area contributed by atoms with Crippen LogP contribution in [-0.2, 0) is 17.5 Å². The van der Waals surface area contributed by atoms with Gasteiger partial charge in [0, 0.05) is 17.6 Å². The molecule has 0 amide bonds. The van der Waals surface area contributed by atoms with Gasteiger partial charge < -0.3 is 9.66 Å². The standard InChI is InChI=1S/C19H23F3N2O2S/c1-12(25)13-7-9-14(10-8-13)16(24-27(26)18(2,3)4)17-15(19(20,21)22)6-5-11-23-17/h5-12,16,24-25H,1-4H3/t12-,16-,27?/m0/s1. The Morgan fingerprint density at radius 3 is 2.11 bits per heavy atom. The maximum Gasteiger partial charge on any atom is 0.418 e. The maximum atomic E-state index is 13.5. The Bertz CT molecular complexity index is 759. The molecule has 0 spiro atoms. The van der Waals surface area contributed by atoms with Crippen LogP contribution in [0.3, 0.4) is 0 Å². The number of benzene rings is 1. The summed E-state index contributed by atoms with van der Waals surface area (Å²) in [6, 6.07) is 7.63. The molecule has 0 aliphatic carbocycles. The van der Waals surface area contributed by atoms with Crippen molar-refractivity contribution in [2.45, 2.75) is 50.8 Å². The summed E-state index contributed by atoms with van der Waals surface area (Å²) >= 11 is -1.62. The highest BCUT2D eigenvalue weighted by molar-refractivity contribution is 7.90. The lowest BCUT2D eigenvalue weighted by Gasteiger charge is -2.29. The van der Waals surface area contributed by atoms with Crippen molar-refractivity contribution in [2.24, 2.45) is 0 Å². The van der Waals surface area contributed by atoms with E-state index in [4.69, 9.17) is 0 Å². The largest absolute Gasteiger partial charge is 0.598 e. The van der Waals surface area contributed by atoms with Crippen molar-refractivity contribution >= 4 is 11.4 Å². The molecule has 0 saturated carbocycles. The van der Waals surface area contributed by atoms with Gasteiger partial charge in [-0.2, -0.15) is 13.2 Å². The lowest BCUT2D eigenvalue weighted by molar-refractivity contribution is -0.138. The number of hydrogen-bond donors (Lipinski definition) is 2. The van der Waals surface area contributed by atoms with E-state index in [1.165, 1.54) is 12.3 Å². The van der Waals surface area contributed by atoms with E-state index in [0.29, 0.717) is 11.1 Å². The maximum absolute atomic E-state index is 13.5. The Balaban J connectivity index is 2.54. The zero-order valence-electron chi connectivity index (χ0n) is 15.5.